The summed E-state index contributed by atoms with van der Waals surface area (Å²) in [5, 5.41) is 13.5. The molecule has 0 bridgehead atoms. The van der Waals surface area contributed by atoms with E-state index in [1.54, 1.807) is 6.07 Å². The quantitative estimate of drug-likeness (QED) is 0.789. The highest BCUT2D eigenvalue weighted by molar-refractivity contribution is 5.41. The number of ether oxygens (including phenoxy) is 1. The third-order valence-electron chi connectivity index (χ3n) is 4.55. The van der Waals surface area contributed by atoms with Crippen LogP contribution in [0.2, 0.25) is 0 Å². The van der Waals surface area contributed by atoms with Gasteiger partial charge in [-0.25, -0.2) is 0 Å². The zero-order valence-corrected chi connectivity index (χ0v) is 13.4. The van der Waals surface area contributed by atoms with Crippen molar-refractivity contribution in [2.45, 2.75) is 65.0 Å². The van der Waals surface area contributed by atoms with Crippen LogP contribution in [0.1, 0.15) is 57.9 Å². The molecule has 3 nitrogen and oxygen atoms in total. The van der Waals surface area contributed by atoms with Crippen molar-refractivity contribution in [2.24, 2.45) is 5.92 Å². The Bertz CT molecular complexity index is 427. The second-order valence-corrected chi connectivity index (χ2v) is 6.03. The van der Waals surface area contributed by atoms with Crippen molar-refractivity contribution in [3.05, 3.63) is 23.8 Å². The molecule has 1 aromatic rings. The summed E-state index contributed by atoms with van der Waals surface area (Å²) in [6.07, 6.45) is 8.09. The third kappa shape index (κ3) is 4.63. The van der Waals surface area contributed by atoms with Gasteiger partial charge in [0.1, 0.15) is 0 Å². The largest absolute Gasteiger partial charge is 0.504 e. The van der Waals surface area contributed by atoms with Gasteiger partial charge < -0.3 is 15.2 Å². The Morgan fingerprint density at radius 2 is 2.00 bits per heavy atom. The van der Waals surface area contributed by atoms with E-state index in [4.69, 9.17) is 4.74 Å². The highest BCUT2D eigenvalue weighted by Gasteiger charge is 2.21. The van der Waals surface area contributed by atoms with Crippen LogP contribution >= 0.6 is 0 Å². The summed E-state index contributed by atoms with van der Waals surface area (Å²) in [4.78, 5) is 0. The van der Waals surface area contributed by atoms with Gasteiger partial charge in [-0.2, -0.15) is 0 Å². The second-order valence-electron chi connectivity index (χ2n) is 6.03. The molecule has 3 heteroatoms. The summed E-state index contributed by atoms with van der Waals surface area (Å²) < 4.78 is 5.45. The van der Waals surface area contributed by atoms with Crippen LogP contribution in [0.25, 0.3) is 0 Å². The molecule has 1 atom stereocenters. The number of nitrogens with one attached hydrogen (secondary N) is 1. The minimum absolute atomic E-state index is 0.222. The normalized spacial score (nSPS) is 17.6. The molecule has 1 fully saturated rings. The SMILES string of the molecule is CCOc1cc(CNC(CC)C2CCCCC2)ccc1O. The number of rotatable bonds is 7. The molecular weight excluding hydrogens is 262 g/mol. The first-order valence-electron chi connectivity index (χ1n) is 8.42. The molecule has 0 aromatic heterocycles. The summed E-state index contributed by atoms with van der Waals surface area (Å²) in [5.41, 5.74) is 1.17. The highest BCUT2D eigenvalue weighted by atomic mass is 16.5. The van der Waals surface area contributed by atoms with E-state index < -0.39 is 0 Å². The van der Waals surface area contributed by atoms with Gasteiger partial charge in [-0.3, -0.25) is 0 Å². The molecule has 1 aromatic carbocycles. The minimum atomic E-state index is 0.222. The second kappa shape index (κ2) is 8.28. The molecule has 0 aliphatic heterocycles. The Kier molecular flexibility index (Phi) is 6.37. The Hall–Kier alpha value is -1.22. The van der Waals surface area contributed by atoms with E-state index in [1.807, 2.05) is 19.1 Å². The zero-order valence-electron chi connectivity index (χ0n) is 13.4. The van der Waals surface area contributed by atoms with Gasteiger partial charge in [0.05, 0.1) is 6.61 Å². The first-order chi connectivity index (χ1) is 10.2. The molecule has 21 heavy (non-hydrogen) atoms. The van der Waals surface area contributed by atoms with E-state index in [1.165, 1.54) is 44.1 Å². The van der Waals surface area contributed by atoms with Gasteiger partial charge in [-0.05, 0) is 49.8 Å². The summed E-state index contributed by atoms with van der Waals surface area (Å²) >= 11 is 0. The molecule has 0 spiro atoms. The molecule has 0 radical (unpaired) electrons. The van der Waals surface area contributed by atoms with Crippen LogP contribution in [-0.4, -0.2) is 17.8 Å². The monoisotopic (exact) mass is 291 g/mol. The van der Waals surface area contributed by atoms with Crippen molar-refractivity contribution in [2.75, 3.05) is 6.61 Å². The zero-order chi connectivity index (χ0) is 15.1. The van der Waals surface area contributed by atoms with Crippen LogP contribution in [-0.2, 0) is 6.54 Å². The number of phenolic OH excluding ortho intramolecular Hbond substituents is 1. The van der Waals surface area contributed by atoms with Crippen LogP contribution in [0.5, 0.6) is 11.5 Å². The van der Waals surface area contributed by atoms with Crippen molar-refractivity contribution in [1.82, 2.24) is 5.32 Å². The Morgan fingerprint density at radius 1 is 1.24 bits per heavy atom. The Morgan fingerprint density at radius 3 is 2.67 bits per heavy atom. The number of aromatic hydroxyl groups is 1. The van der Waals surface area contributed by atoms with Crippen LogP contribution in [0.4, 0.5) is 0 Å². The average Bonchev–Trinajstić information content (AvgIpc) is 2.52. The van der Waals surface area contributed by atoms with E-state index in [0.29, 0.717) is 18.4 Å². The van der Waals surface area contributed by atoms with Crippen molar-refractivity contribution >= 4 is 0 Å². The molecule has 1 saturated carbocycles. The van der Waals surface area contributed by atoms with Crippen LogP contribution in [0.3, 0.4) is 0 Å². The molecule has 1 aliphatic rings. The molecule has 0 saturated heterocycles. The summed E-state index contributed by atoms with van der Waals surface area (Å²) in [6.45, 7) is 5.62. The van der Waals surface area contributed by atoms with E-state index >= 15 is 0 Å². The highest BCUT2D eigenvalue weighted by Crippen LogP contribution is 2.29. The summed E-state index contributed by atoms with van der Waals surface area (Å²) in [7, 11) is 0. The van der Waals surface area contributed by atoms with E-state index in [-0.39, 0.29) is 5.75 Å². The molecule has 1 aliphatic carbocycles. The van der Waals surface area contributed by atoms with Crippen molar-refractivity contribution < 1.29 is 9.84 Å². The maximum absolute atomic E-state index is 9.75. The van der Waals surface area contributed by atoms with E-state index in [0.717, 1.165) is 12.5 Å². The summed E-state index contributed by atoms with van der Waals surface area (Å²) in [5.74, 6) is 1.63. The fraction of sp³-hybridized carbons (Fsp3) is 0.667. The van der Waals surface area contributed by atoms with Crippen LogP contribution in [0.15, 0.2) is 18.2 Å². The molecule has 1 unspecified atom stereocenters. The van der Waals surface area contributed by atoms with Crippen LogP contribution < -0.4 is 10.1 Å². The van der Waals surface area contributed by atoms with Gasteiger partial charge in [0, 0.05) is 12.6 Å². The number of hydrogen-bond donors (Lipinski definition) is 2. The van der Waals surface area contributed by atoms with Gasteiger partial charge in [0.15, 0.2) is 11.5 Å². The van der Waals surface area contributed by atoms with Gasteiger partial charge in [-0.15, -0.1) is 0 Å². The van der Waals surface area contributed by atoms with Crippen molar-refractivity contribution in [3.63, 3.8) is 0 Å². The van der Waals surface area contributed by atoms with Crippen LogP contribution in [0, 0.1) is 5.92 Å². The first-order valence-corrected chi connectivity index (χ1v) is 8.42. The fourth-order valence-corrected chi connectivity index (χ4v) is 3.37. The topological polar surface area (TPSA) is 41.5 Å². The first kappa shape index (κ1) is 16.2. The van der Waals surface area contributed by atoms with Gasteiger partial charge in [0.2, 0.25) is 0 Å². The smallest absolute Gasteiger partial charge is 0.161 e. The Balaban J connectivity index is 1.92. The lowest BCUT2D eigenvalue weighted by Crippen LogP contribution is -2.36. The Labute approximate surface area is 128 Å². The van der Waals surface area contributed by atoms with E-state index in [9.17, 15) is 5.11 Å². The maximum atomic E-state index is 9.75. The molecule has 2 rings (SSSR count). The van der Waals surface area contributed by atoms with Crippen molar-refractivity contribution in [1.29, 1.82) is 0 Å². The molecule has 0 amide bonds. The standard InChI is InChI=1S/C18H29NO2/c1-3-16(15-8-6-5-7-9-15)19-13-14-10-11-17(20)18(12-14)21-4-2/h10-12,15-16,19-20H,3-9,13H2,1-2H3. The maximum Gasteiger partial charge on any atom is 0.161 e. The van der Waals surface area contributed by atoms with Crippen molar-refractivity contribution in [3.8, 4) is 11.5 Å². The lowest BCUT2D eigenvalue weighted by atomic mass is 9.83. The number of phenols is 1. The molecule has 0 heterocycles. The number of hydrogen-bond acceptors (Lipinski definition) is 3. The minimum Gasteiger partial charge on any atom is -0.504 e. The molecule has 118 valence electrons. The van der Waals surface area contributed by atoms with E-state index in [2.05, 4.69) is 12.2 Å². The average molecular weight is 291 g/mol. The predicted octanol–water partition coefficient (Wildman–Crippen LogP) is 4.24. The molecule has 2 N–H and O–H groups in total. The molecular formula is C18H29NO2. The summed E-state index contributed by atoms with van der Waals surface area (Å²) in [6, 6.07) is 6.25. The fourth-order valence-electron chi connectivity index (χ4n) is 3.37. The predicted molar refractivity (Wildman–Crippen MR) is 86.8 cm³/mol. The third-order valence-corrected chi connectivity index (χ3v) is 4.55. The lowest BCUT2D eigenvalue weighted by Gasteiger charge is -2.30. The van der Waals surface area contributed by atoms with Gasteiger partial charge in [0.25, 0.3) is 0 Å². The number of benzene rings is 1. The lowest BCUT2D eigenvalue weighted by molar-refractivity contribution is 0.261. The van der Waals surface area contributed by atoms with Gasteiger partial charge >= 0.3 is 0 Å². The van der Waals surface area contributed by atoms with Gasteiger partial charge in [-0.1, -0.05) is 32.3 Å².